The highest BCUT2D eigenvalue weighted by Crippen LogP contribution is 2.51. The Morgan fingerprint density at radius 3 is 2.78 bits per heavy atom. The summed E-state index contributed by atoms with van der Waals surface area (Å²) in [6.07, 6.45) is 1.08. The predicted octanol–water partition coefficient (Wildman–Crippen LogP) is 3.00. The first-order valence-corrected chi connectivity index (χ1v) is 11.9. The van der Waals surface area contributed by atoms with E-state index < -0.39 is 24.4 Å². The maximum atomic E-state index is 13.5. The number of nitrogens with zero attached hydrogens (tertiary/aromatic N) is 5. The summed E-state index contributed by atoms with van der Waals surface area (Å²) < 4.78 is 30.1. The molecule has 1 saturated carbocycles. The van der Waals surface area contributed by atoms with Crippen LogP contribution in [0.2, 0.25) is 0 Å². The second-order valence-electron chi connectivity index (χ2n) is 9.42. The number of pyridine rings is 1. The number of anilines is 2. The number of hydrogen-bond donors (Lipinski definition) is 3. The molecule has 0 amide bonds. The summed E-state index contributed by atoms with van der Waals surface area (Å²) in [7, 11) is 0. The molecule has 0 bridgehead atoms. The highest BCUT2D eigenvalue weighted by Gasteiger charge is 2.57. The minimum Gasteiger partial charge on any atom is -0.383 e. The van der Waals surface area contributed by atoms with Crippen molar-refractivity contribution in [1.29, 1.82) is 0 Å². The van der Waals surface area contributed by atoms with E-state index in [1.165, 1.54) is 28.1 Å². The SMILES string of the molecule is CCn1c(=O)c2cnc(Nc3ccc4c(c3)CNCC4)nc2n1-c1cccc(C2(O)CC(F)(F)C2)n1. The second kappa shape index (κ2) is 8.17. The van der Waals surface area contributed by atoms with E-state index in [9.17, 15) is 18.7 Å². The lowest BCUT2D eigenvalue weighted by atomic mass is 9.74. The van der Waals surface area contributed by atoms with Gasteiger partial charge in [-0.3, -0.25) is 4.79 Å². The van der Waals surface area contributed by atoms with Crippen LogP contribution < -0.4 is 16.2 Å². The molecule has 0 saturated heterocycles. The molecule has 11 heteroatoms. The lowest BCUT2D eigenvalue weighted by Crippen LogP contribution is -2.49. The summed E-state index contributed by atoms with van der Waals surface area (Å²) in [5.74, 6) is -2.31. The standard InChI is InChI=1S/C25H25F2N7O2/c1-2-33-22(35)18-12-29-23(30-17-7-6-15-8-9-28-11-16(15)10-17)32-21(18)34(33)20-5-3-4-19(31-20)24(36)13-25(26,27)14-24/h3-7,10,12,28,36H,2,8-9,11,13-14H2,1H3,(H,29,30,32). The van der Waals surface area contributed by atoms with Gasteiger partial charge in [0, 0.05) is 37.8 Å². The van der Waals surface area contributed by atoms with Crippen LogP contribution in [0.15, 0.2) is 47.4 Å². The van der Waals surface area contributed by atoms with E-state index in [4.69, 9.17) is 0 Å². The van der Waals surface area contributed by atoms with Crippen molar-refractivity contribution in [2.75, 3.05) is 11.9 Å². The van der Waals surface area contributed by atoms with Gasteiger partial charge in [0.25, 0.3) is 11.5 Å². The number of nitrogens with one attached hydrogen (secondary N) is 2. The quantitative estimate of drug-likeness (QED) is 0.392. The maximum absolute atomic E-state index is 13.5. The molecule has 1 fully saturated rings. The average molecular weight is 494 g/mol. The van der Waals surface area contributed by atoms with Crippen molar-refractivity contribution in [3.8, 4) is 5.82 Å². The van der Waals surface area contributed by atoms with Gasteiger partial charge >= 0.3 is 0 Å². The summed E-state index contributed by atoms with van der Waals surface area (Å²) in [6.45, 7) is 3.89. The van der Waals surface area contributed by atoms with Crippen LogP contribution in [-0.4, -0.2) is 41.9 Å². The van der Waals surface area contributed by atoms with Crippen molar-refractivity contribution in [2.24, 2.45) is 0 Å². The molecule has 9 nitrogen and oxygen atoms in total. The highest BCUT2D eigenvalue weighted by atomic mass is 19.3. The molecular weight excluding hydrogens is 468 g/mol. The van der Waals surface area contributed by atoms with Crippen LogP contribution >= 0.6 is 0 Å². The van der Waals surface area contributed by atoms with Gasteiger partial charge in [-0.2, -0.15) is 4.98 Å². The van der Waals surface area contributed by atoms with Gasteiger partial charge in [0.15, 0.2) is 11.5 Å². The molecule has 1 aliphatic carbocycles. The van der Waals surface area contributed by atoms with Crippen molar-refractivity contribution < 1.29 is 13.9 Å². The topological polar surface area (TPSA) is 110 Å². The Hall–Kier alpha value is -3.70. The summed E-state index contributed by atoms with van der Waals surface area (Å²) in [6, 6.07) is 10.9. The minimum absolute atomic E-state index is 0.137. The van der Waals surface area contributed by atoms with Crippen molar-refractivity contribution in [3.63, 3.8) is 0 Å². The van der Waals surface area contributed by atoms with Gasteiger partial charge in [-0.1, -0.05) is 12.1 Å². The van der Waals surface area contributed by atoms with E-state index >= 15 is 0 Å². The lowest BCUT2D eigenvalue weighted by molar-refractivity contribution is -0.212. The first-order chi connectivity index (χ1) is 17.3. The third-order valence-corrected chi connectivity index (χ3v) is 6.85. The largest absolute Gasteiger partial charge is 0.383 e. The van der Waals surface area contributed by atoms with Crippen LogP contribution in [0.5, 0.6) is 0 Å². The average Bonchev–Trinajstić information content (AvgIpc) is 3.13. The van der Waals surface area contributed by atoms with E-state index in [1.807, 2.05) is 13.0 Å². The molecule has 2 aliphatic rings. The molecule has 3 aromatic heterocycles. The number of fused-ring (bicyclic) bond motifs is 2. The van der Waals surface area contributed by atoms with Crippen LogP contribution in [0.4, 0.5) is 20.4 Å². The smallest absolute Gasteiger partial charge is 0.278 e. The first-order valence-electron chi connectivity index (χ1n) is 11.9. The number of rotatable bonds is 5. The molecule has 0 radical (unpaired) electrons. The van der Waals surface area contributed by atoms with Gasteiger partial charge in [-0.25, -0.2) is 28.1 Å². The number of hydrogen-bond acceptors (Lipinski definition) is 7. The summed E-state index contributed by atoms with van der Waals surface area (Å²) in [4.78, 5) is 26.5. The minimum atomic E-state index is -2.92. The molecular formula is C25H25F2N7O2. The Balaban J connectivity index is 1.41. The monoisotopic (exact) mass is 493 g/mol. The molecule has 4 heterocycles. The number of benzene rings is 1. The van der Waals surface area contributed by atoms with Crippen LogP contribution in [-0.2, 0) is 25.1 Å². The first kappa shape index (κ1) is 22.7. The van der Waals surface area contributed by atoms with Gasteiger partial charge < -0.3 is 15.7 Å². The zero-order valence-corrected chi connectivity index (χ0v) is 19.6. The van der Waals surface area contributed by atoms with E-state index in [-0.39, 0.29) is 11.3 Å². The second-order valence-corrected chi connectivity index (χ2v) is 9.42. The zero-order chi connectivity index (χ0) is 25.1. The molecule has 3 N–H and O–H groups in total. The molecule has 36 heavy (non-hydrogen) atoms. The Kier molecular flexibility index (Phi) is 5.16. The number of halogens is 2. The molecule has 0 atom stereocenters. The third-order valence-electron chi connectivity index (χ3n) is 6.85. The van der Waals surface area contributed by atoms with Gasteiger partial charge in [0.2, 0.25) is 5.95 Å². The van der Waals surface area contributed by atoms with Gasteiger partial charge in [0.05, 0.1) is 5.69 Å². The summed E-state index contributed by atoms with van der Waals surface area (Å²) in [5.41, 5.74) is 1.81. The van der Waals surface area contributed by atoms with Crippen molar-refractivity contribution in [1.82, 2.24) is 29.6 Å². The Morgan fingerprint density at radius 2 is 2.00 bits per heavy atom. The third kappa shape index (κ3) is 3.75. The fourth-order valence-electron chi connectivity index (χ4n) is 5.08. The molecule has 0 spiro atoms. The maximum Gasteiger partial charge on any atom is 0.278 e. The molecule has 186 valence electrons. The Morgan fingerprint density at radius 1 is 1.17 bits per heavy atom. The van der Waals surface area contributed by atoms with Gasteiger partial charge in [0.1, 0.15) is 11.0 Å². The van der Waals surface area contributed by atoms with E-state index in [1.54, 1.807) is 16.8 Å². The van der Waals surface area contributed by atoms with Crippen molar-refractivity contribution in [2.45, 2.75) is 50.8 Å². The summed E-state index contributed by atoms with van der Waals surface area (Å²) in [5, 5.41) is 17.5. The molecule has 6 rings (SSSR count). The lowest BCUT2D eigenvalue weighted by Gasteiger charge is -2.42. The van der Waals surface area contributed by atoms with E-state index in [0.29, 0.717) is 29.3 Å². The molecule has 1 aromatic carbocycles. The van der Waals surface area contributed by atoms with Crippen LogP contribution in [0.3, 0.4) is 0 Å². The fourth-order valence-corrected chi connectivity index (χ4v) is 5.08. The summed E-state index contributed by atoms with van der Waals surface area (Å²) >= 11 is 0. The molecule has 4 aromatic rings. The Bertz CT molecular complexity index is 1540. The molecule has 0 unspecified atom stereocenters. The van der Waals surface area contributed by atoms with Gasteiger partial charge in [-0.15, -0.1) is 0 Å². The number of alkyl halides is 2. The number of aromatic nitrogens is 5. The van der Waals surface area contributed by atoms with Crippen LogP contribution in [0.25, 0.3) is 16.9 Å². The Labute approximate surface area is 204 Å². The van der Waals surface area contributed by atoms with Crippen LogP contribution in [0, 0.1) is 0 Å². The fraction of sp³-hybridized carbons (Fsp3) is 0.360. The van der Waals surface area contributed by atoms with Crippen molar-refractivity contribution in [3.05, 3.63) is 69.8 Å². The number of aliphatic hydroxyl groups is 1. The predicted molar refractivity (Wildman–Crippen MR) is 130 cm³/mol. The highest BCUT2D eigenvalue weighted by molar-refractivity contribution is 5.77. The zero-order valence-electron chi connectivity index (χ0n) is 19.6. The van der Waals surface area contributed by atoms with Crippen molar-refractivity contribution >= 4 is 22.7 Å². The van der Waals surface area contributed by atoms with E-state index in [2.05, 4.69) is 37.7 Å². The van der Waals surface area contributed by atoms with Gasteiger partial charge in [-0.05, 0) is 55.3 Å². The normalized spacial score (nSPS) is 18.0. The molecule has 1 aliphatic heterocycles. The van der Waals surface area contributed by atoms with E-state index in [0.717, 1.165) is 25.2 Å². The van der Waals surface area contributed by atoms with Crippen LogP contribution in [0.1, 0.15) is 36.6 Å².